The average Bonchev–Trinajstić information content (AvgIpc) is 3.14. The van der Waals surface area contributed by atoms with E-state index in [9.17, 15) is 0 Å². The molecule has 4 heteroatoms. The van der Waals surface area contributed by atoms with Crippen LogP contribution < -0.4 is 5.73 Å². The Kier molecular flexibility index (Phi) is 2.90. The van der Waals surface area contributed by atoms with Gasteiger partial charge in [-0.05, 0) is 24.8 Å². The molecule has 1 atom stereocenters. The molecule has 1 heterocycles. The maximum absolute atomic E-state index is 5.95. The average molecular weight is 307 g/mol. The predicted octanol–water partition coefficient (Wildman–Crippen LogP) is 4.20. The molecule has 1 aromatic carbocycles. The molecule has 1 aliphatic rings. The third kappa shape index (κ3) is 1.94. The molecule has 3 rings (SSSR count). The molecule has 1 fully saturated rings. The van der Waals surface area contributed by atoms with Crippen molar-refractivity contribution in [3.63, 3.8) is 0 Å². The van der Waals surface area contributed by atoms with Gasteiger partial charge < -0.3 is 10.3 Å². The summed E-state index contributed by atoms with van der Waals surface area (Å²) >= 11 is 3.56. The van der Waals surface area contributed by atoms with Crippen molar-refractivity contribution in [1.82, 2.24) is 5.16 Å². The second-order valence-corrected chi connectivity index (χ2v) is 5.77. The molecule has 94 valence electrons. The Bertz CT molecular complexity index is 575. The molecule has 2 N–H and O–H groups in total. The first-order chi connectivity index (χ1) is 8.68. The highest BCUT2D eigenvalue weighted by Gasteiger charge is 2.33. The van der Waals surface area contributed by atoms with Gasteiger partial charge in [0.25, 0.3) is 0 Å². The Hall–Kier alpha value is -1.29. The van der Waals surface area contributed by atoms with Crippen molar-refractivity contribution in [3.05, 3.63) is 34.4 Å². The van der Waals surface area contributed by atoms with Gasteiger partial charge in [0.1, 0.15) is 0 Å². The number of aromatic nitrogens is 1. The van der Waals surface area contributed by atoms with Crippen LogP contribution in [0.25, 0.3) is 11.1 Å². The molecule has 3 nitrogen and oxygen atoms in total. The summed E-state index contributed by atoms with van der Waals surface area (Å²) in [6, 6.07) is 8.03. The normalized spacial score (nSPS) is 16.8. The van der Waals surface area contributed by atoms with Gasteiger partial charge in [0.15, 0.2) is 0 Å². The Labute approximate surface area is 114 Å². The Balaban J connectivity index is 2.11. The summed E-state index contributed by atoms with van der Waals surface area (Å²) in [6.45, 7) is 2.20. The highest BCUT2D eigenvalue weighted by atomic mass is 79.9. The van der Waals surface area contributed by atoms with E-state index in [-0.39, 0.29) is 0 Å². The van der Waals surface area contributed by atoms with Gasteiger partial charge in [0.05, 0.1) is 11.3 Å². The standard InChI is InChI=1S/C14H15BrN2O/c1-8(9-6-7-9)13-12(14(16)18-17-13)10-4-2-3-5-11(10)15/h2-5,8-9H,6-7,16H2,1H3. The number of halogens is 1. The van der Waals surface area contributed by atoms with E-state index in [2.05, 4.69) is 28.0 Å². The lowest BCUT2D eigenvalue weighted by Crippen LogP contribution is -1.99. The number of nitrogen functional groups attached to an aromatic ring is 1. The van der Waals surface area contributed by atoms with Crippen LogP contribution in [0.15, 0.2) is 33.3 Å². The van der Waals surface area contributed by atoms with Crippen LogP contribution in [0.2, 0.25) is 0 Å². The van der Waals surface area contributed by atoms with Crippen LogP contribution in [-0.2, 0) is 0 Å². The van der Waals surface area contributed by atoms with Gasteiger partial charge in [0.2, 0.25) is 5.88 Å². The van der Waals surface area contributed by atoms with Crippen LogP contribution in [0.4, 0.5) is 5.88 Å². The van der Waals surface area contributed by atoms with Crippen LogP contribution >= 0.6 is 15.9 Å². The Morgan fingerprint density at radius 3 is 2.78 bits per heavy atom. The molecule has 1 saturated carbocycles. The molecule has 2 aromatic rings. The zero-order valence-electron chi connectivity index (χ0n) is 10.2. The van der Waals surface area contributed by atoms with E-state index in [0.717, 1.165) is 27.2 Å². The molecule has 0 amide bonds. The number of rotatable bonds is 3. The molecular formula is C14H15BrN2O. The predicted molar refractivity (Wildman–Crippen MR) is 75.2 cm³/mol. The summed E-state index contributed by atoms with van der Waals surface area (Å²) < 4.78 is 6.23. The van der Waals surface area contributed by atoms with Gasteiger partial charge in [-0.1, -0.05) is 46.2 Å². The minimum atomic E-state index is 0.407. The highest BCUT2D eigenvalue weighted by molar-refractivity contribution is 9.10. The fraction of sp³-hybridized carbons (Fsp3) is 0.357. The number of hydrogen-bond acceptors (Lipinski definition) is 3. The van der Waals surface area contributed by atoms with Crippen molar-refractivity contribution in [2.45, 2.75) is 25.7 Å². The fourth-order valence-electron chi connectivity index (χ4n) is 2.38. The third-order valence-electron chi connectivity index (χ3n) is 3.65. The quantitative estimate of drug-likeness (QED) is 0.924. The van der Waals surface area contributed by atoms with E-state index >= 15 is 0 Å². The Morgan fingerprint density at radius 2 is 2.11 bits per heavy atom. The summed E-state index contributed by atoms with van der Waals surface area (Å²) in [6.07, 6.45) is 2.56. The molecule has 0 radical (unpaired) electrons. The van der Waals surface area contributed by atoms with E-state index in [1.165, 1.54) is 12.8 Å². The number of anilines is 1. The van der Waals surface area contributed by atoms with E-state index in [1.807, 2.05) is 24.3 Å². The summed E-state index contributed by atoms with van der Waals surface area (Å²) in [7, 11) is 0. The highest BCUT2D eigenvalue weighted by Crippen LogP contribution is 2.46. The topological polar surface area (TPSA) is 52.0 Å². The van der Waals surface area contributed by atoms with Crippen molar-refractivity contribution in [3.8, 4) is 11.1 Å². The molecule has 1 aliphatic carbocycles. The van der Waals surface area contributed by atoms with Gasteiger partial charge in [-0.25, -0.2) is 0 Å². The minimum Gasteiger partial charge on any atom is -0.367 e. The smallest absolute Gasteiger partial charge is 0.230 e. The van der Waals surface area contributed by atoms with Gasteiger partial charge in [0, 0.05) is 16.0 Å². The van der Waals surface area contributed by atoms with Gasteiger partial charge in [-0.2, -0.15) is 0 Å². The number of nitrogens with two attached hydrogens (primary N) is 1. The first kappa shape index (κ1) is 11.8. The van der Waals surface area contributed by atoms with Crippen LogP contribution in [0, 0.1) is 5.92 Å². The maximum Gasteiger partial charge on any atom is 0.230 e. The molecular weight excluding hydrogens is 292 g/mol. The number of hydrogen-bond donors (Lipinski definition) is 1. The fourth-order valence-corrected chi connectivity index (χ4v) is 2.86. The minimum absolute atomic E-state index is 0.407. The second kappa shape index (κ2) is 4.43. The van der Waals surface area contributed by atoms with Crippen molar-refractivity contribution in [2.75, 3.05) is 5.73 Å². The third-order valence-corrected chi connectivity index (χ3v) is 4.34. The van der Waals surface area contributed by atoms with E-state index in [0.29, 0.717) is 11.8 Å². The first-order valence-electron chi connectivity index (χ1n) is 6.18. The maximum atomic E-state index is 5.95. The molecule has 0 bridgehead atoms. The molecule has 0 spiro atoms. The molecule has 18 heavy (non-hydrogen) atoms. The first-order valence-corrected chi connectivity index (χ1v) is 6.97. The van der Waals surface area contributed by atoms with Crippen molar-refractivity contribution in [2.24, 2.45) is 5.92 Å². The largest absolute Gasteiger partial charge is 0.367 e. The summed E-state index contributed by atoms with van der Waals surface area (Å²) in [4.78, 5) is 0. The van der Waals surface area contributed by atoms with Crippen LogP contribution in [0.5, 0.6) is 0 Å². The summed E-state index contributed by atoms with van der Waals surface area (Å²) in [5.41, 5.74) is 8.94. The van der Waals surface area contributed by atoms with E-state index in [4.69, 9.17) is 10.3 Å². The number of nitrogens with zero attached hydrogens (tertiary/aromatic N) is 1. The Morgan fingerprint density at radius 1 is 1.39 bits per heavy atom. The molecule has 0 aliphatic heterocycles. The lowest BCUT2D eigenvalue weighted by molar-refractivity contribution is 0.417. The molecule has 0 saturated heterocycles. The van der Waals surface area contributed by atoms with Gasteiger partial charge in [-0.3, -0.25) is 0 Å². The summed E-state index contributed by atoms with van der Waals surface area (Å²) in [5.74, 6) is 1.55. The monoisotopic (exact) mass is 306 g/mol. The summed E-state index contributed by atoms with van der Waals surface area (Å²) in [5, 5.41) is 4.17. The van der Waals surface area contributed by atoms with Gasteiger partial charge in [-0.15, -0.1) is 0 Å². The zero-order valence-corrected chi connectivity index (χ0v) is 11.8. The lowest BCUT2D eigenvalue weighted by atomic mass is 9.95. The van der Waals surface area contributed by atoms with Crippen molar-refractivity contribution >= 4 is 21.8 Å². The second-order valence-electron chi connectivity index (χ2n) is 4.91. The lowest BCUT2D eigenvalue weighted by Gasteiger charge is -2.10. The van der Waals surface area contributed by atoms with Crippen molar-refractivity contribution < 1.29 is 4.52 Å². The van der Waals surface area contributed by atoms with Crippen LogP contribution in [0.3, 0.4) is 0 Å². The van der Waals surface area contributed by atoms with Crippen LogP contribution in [-0.4, -0.2) is 5.16 Å². The van der Waals surface area contributed by atoms with Crippen LogP contribution in [0.1, 0.15) is 31.4 Å². The van der Waals surface area contributed by atoms with Gasteiger partial charge >= 0.3 is 0 Å². The zero-order chi connectivity index (χ0) is 12.7. The number of benzene rings is 1. The molecule has 1 unspecified atom stereocenters. The van der Waals surface area contributed by atoms with E-state index in [1.54, 1.807) is 0 Å². The molecule has 1 aromatic heterocycles. The van der Waals surface area contributed by atoms with E-state index < -0.39 is 0 Å². The SMILES string of the molecule is CC(c1noc(N)c1-c1ccccc1Br)C1CC1. The van der Waals surface area contributed by atoms with Crippen molar-refractivity contribution in [1.29, 1.82) is 0 Å².